The minimum atomic E-state index is -3.06. The predicted molar refractivity (Wildman–Crippen MR) is 77.5 cm³/mol. The summed E-state index contributed by atoms with van der Waals surface area (Å²) in [5, 5.41) is 5.30. The molecule has 1 heterocycles. The molecule has 0 aromatic carbocycles. The van der Waals surface area contributed by atoms with Crippen LogP contribution in [0.3, 0.4) is 0 Å². The number of fused-ring (bicyclic) bond motifs is 1. The van der Waals surface area contributed by atoms with Gasteiger partial charge in [-0.15, -0.1) is 0 Å². The first-order valence-electron chi connectivity index (χ1n) is 8.11. The predicted octanol–water partition coefficient (Wildman–Crippen LogP) is 1.95. The second-order valence-corrected chi connectivity index (χ2v) is 6.72. The molecule has 0 aromatic heterocycles. The average Bonchev–Trinajstić information content (AvgIpc) is 3.26. The summed E-state index contributed by atoms with van der Waals surface area (Å²) in [4.78, 5) is 23.3. The molecule has 1 amide bonds. The van der Waals surface area contributed by atoms with E-state index < -0.39 is 30.0 Å². The molecule has 1 saturated carbocycles. The molecule has 0 spiro atoms. The first-order chi connectivity index (χ1) is 10.5. The van der Waals surface area contributed by atoms with Crippen LogP contribution >= 0.6 is 0 Å². The summed E-state index contributed by atoms with van der Waals surface area (Å²) >= 11 is 0. The fourth-order valence-corrected chi connectivity index (χ4v) is 3.26. The van der Waals surface area contributed by atoms with E-state index >= 15 is 0 Å². The summed E-state index contributed by atoms with van der Waals surface area (Å²) in [5.74, 6) is -3.10. The third-order valence-electron chi connectivity index (χ3n) is 4.78. The van der Waals surface area contributed by atoms with Gasteiger partial charge in [-0.2, -0.15) is 0 Å². The summed E-state index contributed by atoms with van der Waals surface area (Å²) < 4.78 is 28.6. The Morgan fingerprint density at radius 3 is 2.73 bits per heavy atom. The van der Waals surface area contributed by atoms with Crippen molar-refractivity contribution in [1.29, 1.82) is 0 Å². The molecule has 0 radical (unpaired) electrons. The number of hydrogen-bond acceptors (Lipinski definition) is 3. The number of nitrogens with one attached hydrogen (secondary N) is 2. The van der Waals surface area contributed by atoms with Crippen LogP contribution in [-0.4, -0.2) is 35.7 Å². The molecule has 3 aliphatic rings. The molecule has 2 fully saturated rings. The number of rotatable bonds is 6. The molecule has 2 aliphatic carbocycles. The summed E-state index contributed by atoms with van der Waals surface area (Å²) in [5.41, 5.74) is 0. The van der Waals surface area contributed by atoms with Gasteiger partial charge in [0.15, 0.2) is 11.8 Å². The molecule has 122 valence electrons. The molecular formula is C16H22F2N2O2. The van der Waals surface area contributed by atoms with Crippen molar-refractivity contribution < 1.29 is 18.4 Å². The lowest BCUT2D eigenvalue weighted by Crippen LogP contribution is -2.69. The highest BCUT2D eigenvalue weighted by molar-refractivity contribution is 5.93. The first-order valence-corrected chi connectivity index (χ1v) is 8.11. The van der Waals surface area contributed by atoms with Crippen LogP contribution in [0.1, 0.15) is 44.9 Å². The molecule has 1 saturated heterocycles. The van der Waals surface area contributed by atoms with Gasteiger partial charge in [-0.3, -0.25) is 14.9 Å². The van der Waals surface area contributed by atoms with Gasteiger partial charge in [-0.25, -0.2) is 8.78 Å². The van der Waals surface area contributed by atoms with Gasteiger partial charge in [0.25, 0.3) is 5.92 Å². The number of allylic oxidation sites excluding steroid dienone is 1. The zero-order chi connectivity index (χ0) is 15.7. The van der Waals surface area contributed by atoms with Crippen molar-refractivity contribution in [1.82, 2.24) is 10.6 Å². The van der Waals surface area contributed by atoms with E-state index in [2.05, 4.69) is 10.6 Å². The zero-order valence-corrected chi connectivity index (χ0v) is 12.5. The molecule has 3 unspecified atom stereocenters. The molecule has 4 nitrogen and oxygen atoms in total. The molecule has 2 N–H and O–H groups in total. The minimum absolute atomic E-state index is 0.0892. The second-order valence-electron chi connectivity index (χ2n) is 6.72. The smallest absolute Gasteiger partial charge is 0.272 e. The third-order valence-corrected chi connectivity index (χ3v) is 4.78. The molecule has 3 atom stereocenters. The number of piperazine rings is 1. The maximum atomic E-state index is 14.3. The summed E-state index contributed by atoms with van der Waals surface area (Å²) in [6.07, 6.45) is 7.60. The number of alkyl halides is 2. The minimum Gasteiger partial charge on any atom is -0.349 e. The van der Waals surface area contributed by atoms with E-state index in [-0.39, 0.29) is 18.6 Å². The Bertz CT molecular complexity index is 489. The van der Waals surface area contributed by atoms with Gasteiger partial charge in [-0.05, 0) is 18.4 Å². The topological polar surface area (TPSA) is 58.2 Å². The maximum absolute atomic E-state index is 14.3. The van der Waals surface area contributed by atoms with Gasteiger partial charge in [0, 0.05) is 18.9 Å². The number of amides is 1. The Hall–Kier alpha value is -1.30. The fourth-order valence-electron chi connectivity index (χ4n) is 3.26. The highest BCUT2D eigenvalue weighted by Gasteiger charge is 2.49. The average molecular weight is 312 g/mol. The van der Waals surface area contributed by atoms with Crippen molar-refractivity contribution in [3.8, 4) is 0 Å². The number of carbonyl (C=O) groups is 2. The van der Waals surface area contributed by atoms with E-state index in [0.29, 0.717) is 6.42 Å². The van der Waals surface area contributed by atoms with Gasteiger partial charge in [0.05, 0.1) is 6.04 Å². The van der Waals surface area contributed by atoms with Crippen LogP contribution in [-0.2, 0) is 9.59 Å². The quantitative estimate of drug-likeness (QED) is 0.737. The number of carbonyl (C=O) groups excluding carboxylic acids is 2. The van der Waals surface area contributed by atoms with E-state index in [0.717, 1.165) is 18.8 Å². The van der Waals surface area contributed by atoms with Crippen LogP contribution in [0.15, 0.2) is 12.2 Å². The lowest BCUT2D eigenvalue weighted by Gasteiger charge is -2.40. The van der Waals surface area contributed by atoms with Crippen molar-refractivity contribution in [3.05, 3.63) is 12.2 Å². The Morgan fingerprint density at radius 1 is 1.23 bits per heavy atom. The monoisotopic (exact) mass is 312 g/mol. The first kappa shape index (κ1) is 15.6. The van der Waals surface area contributed by atoms with E-state index in [4.69, 9.17) is 0 Å². The zero-order valence-electron chi connectivity index (χ0n) is 12.5. The van der Waals surface area contributed by atoms with Crippen molar-refractivity contribution >= 4 is 11.7 Å². The lowest BCUT2D eigenvalue weighted by molar-refractivity contribution is -0.140. The van der Waals surface area contributed by atoms with Gasteiger partial charge < -0.3 is 5.32 Å². The van der Waals surface area contributed by atoms with Gasteiger partial charge in [0.1, 0.15) is 0 Å². The third kappa shape index (κ3) is 3.54. The summed E-state index contributed by atoms with van der Waals surface area (Å²) in [6.45, 7) is 0. The van der Waals surface area contributed by atoms with Crippen molar-refractivity contribution in [3.63, 3.8) is 0 Å². The van der Waals surface area contributed by atoms with Crippen LogP contribution in [0, 0.1) is 5.92 Å². The molecule has 3 rings (SSSR count). The SMILES string of the molecule is O=C1C=CC2NC(C(F)(F)CCCCC3CC3)C(=O)NC2C1. The maximum Gasteiger partial charge on any atom is 0.272 e. The largest absolute Gasteiger partial charge is 0.349 e. The second kappa shape index (κ2) is 6.07. The van der Waals surface area contributed by atoms with Gasteiger partial charge in [-0.1, -0.05) is 31.8 Å². The molecule has 22 heavy (non-hydrogen) atoms. The number of ketones is 1. The summed E-state index contributed by atoms with van der Waals surface area (Å²) in [6, 6.07) is -2.31. The Balaban J connectivity index is 1.55. The molecule has 6 heteroatoms. The number of hydrogen-bond donors (Lipinski definition) is 2. The highest BCUT2D eigenvalue weighted by atomic mass is 19.3. The standard InChI is InChI=1S/C16H22F2N2O2/c17-16(18,8-2-1-3-10-4-5-10)14-15(22)20-13-9-11(21)6-7-12(13)19-14/h6-7,10,12-14,19H,1-5,8-9H2,(H,20,22). The number of halogens is 2. The molecule has 0 aromatic rings. The van der Waals surface area contributed by atoms with E-state index in [1.54, 1.807) is 6.08 Å². The highest BCUT2D eigenvalue weighted by Crippen LogP contribution is 2.35. The Labute approximate surface area is 128 Å². The van der Waals surface area contributed by atoms with Crippen LogP contribution in [0.4, 0.5) is 8.78 Å². The van der Waals surface area contributed by atoms with E-state index in [9.17, 15) is 18.4 Å². The van der Waals surface area contributed by atoms with Gasteiger partial charge >= 0.3 is 0 Å². The van der Waals surface area contributed by atoms with Crippen LogP contribution in [0.2, 0.25) is 0 Å². The van der Waals surface area contributed by atoms with Crippen molar-refractivity contribution in [2.24, 2.45) is 5.92 Å². The Morgan fingerprint density at radius 2 is 2.00 bits per heavy atom. The molecule has 1 aliphatic heterocycles. The Kier molecular flexibility index (Phi) is 4.30. The fraction of sp³-hybridized carbons (Fsp3) is 0.750. The van der Waals surface area contributed by atoms with E-state index in [1.807, 2.05) is 0 Å². The van der Waals surface area contributed by atoms with Crippen molar-refractivity contribution in [2.45, 2.75) is 69.0 Å². The van der Waals surface area contributed by atoms with Crippen LogP contribution in [0.5, 0.6) is 0 Å². The van der Waals surface area contributed by atoms with E-state index in [1.165, 1.54) is 18.9 Å². The molecular weight excluding hydrogens is 290 g/mol. The number of unbranched alkanes of at least 4 members (excludes halogenated alkanes) is 1. The lowest BCUT2D eigenvalue weighted by atomic mass is 9.89. The van der Waals surface area contributed by atoms with Gasteiger partial charge in [0.2, 0.25) is 5.91 Å². The van der Waals surface area contributed by atoms with Crippen LogP contribution < -0.4 is 10.6 Å². The van der Waals surface area contributed by atoms with Crippen molar-refractivity contribution in [2.75, 3.05) is 0 Å². The van der Waals surface area contributed by atoms with Crippen LogP contribution in [0.25, 0.3) is 0 Å². The molecule has 0 bridgehead atoms. The summed E-state index contributed by atoms with van der Waals surface area (Å²) in [7, 11) is 0. The normalized spacial score (nSPS) is 31.8.